The Hall–Kier alpha value is -3.35. The molecule has 28 heavy (non-hydrogen) atoms. The van der Waals surface area contributed by atoms with Gasteiger partial charge in [-0.2, -0.15) is 0 Å². The third-order valence-electron chi connectivity index (χ3n) is 4.51. The van der Waals surface area contributed by atoms with E-state index in [1.54, 1.807) is 23.1 Å². The van der Waals surface area contributed by atoms with Crippen molar-refractivity contribution in [3.05, 3.63) is 65.6 Å². The molecule has 4 rings (SSSR count). The number of fused-ring (bicyclic) bond motifs is 1. The number of ether oxygens (including phenoxy) is 2. The lowest BCUT2D eigenvalue weighted by Gasteiger charge is -2.21. The number of amides is 1. The van der Waals surface area contributed by atoms with Crippen LogP contribution in [0.4, 0.5) is 4.39 Å². The molecule has 3 aromatic rings. The van der Waals surface area contributed by atoms with Crippen LogP contribution in [0.3, 0.4) is 0 Å². The fourth-order valence-corrected chi connectivity index (χ4v) is 3.05. The van der Waals surface area contributed by atoms with Gasteiger partial charge in [0.2, 0.25) is 12.7 Å². The molecule has 1 aromatic heterocycles. The first-order chi connectivity index (χ1) is 13.6. The molecule has 1 amide bonds. The molecular weight excluding hydrogens is 363 g/mol. The van der Waals surface area contributed by atoms with E-state index in [1.807, 2.05) is 25.1 Å². The predicted molar refractivity (Wildman–Crippen MR) is 99.0 cm³/mol. The summed E-state index contributed by atoms with van der Waals surface area (Å²) in [6.45, 7) is 2.76. The highest BCUT2D eigenvalue weighted by Gasteiger charge is 2.18. The highest BCUT2D eigenvalue weighted by molar-refractivity contribution is 5.75. The van der Waals surface area contributed by atoms with Gasteiger partial charge in [0.15, 0.2) is 17.3 Å². The molecule has 2 aromatic carbocycles. The van der Waals surface area contributed by atoms with Gasteiger partial charge in [0.1, 0.15) is 11.5 Å². The maximum Gasteiger partial charge on any atom is 0.231 e. The minimum absolute atomic E-state index is 0.00370. The van der Waals surface area contributed by atoms with E-state index >= 15 is 0 Å². The third-order valence-corrected chi connectivity index (χ3v) is 4.51. The van der Waals surface area contributed by atoms with Crippen LogP contribution in [0.2, 0.25) is 0 Å². The van der Waals surface area contributed by atoms with E-state index in [2.05, 4.69) is 5.16 Å². The molecule has 7 heteroatoms. The number of hydrogen-bond donors (Lipinski definition) is 0. The molecule has 0 saturated heterocycles. The fourth-order valence-electron chi connectivity index (χ4n) is 3.05. The molecule has 0 fully saturated rings. The van der Waals surface area contributed by atoms with Gasteiger partial charge in [-0.1, -0.05) is 18.1 Å². The van der Waals surface area contributed by atoms with Crippen LogP contribution in [-0.4, -0.2) is 22.8 Å². The number of benzene rings is 2. The zero-order chi connectivity index (χ0) is 19.5. The van der Waals surface area contributed by atoms with Gasteiger partial charge in [-0.3, -0.25) is 4.79 Å². The van der Waals surface area contributed by atoms with E-state index in [4.69, 9.17) is 14.0 Å². The van der Waals surface area contributed by atoms with Crippen molar-refractivity contribution in [3.8, 4) is 22.8 Å². The zero-order valence-corrected chi connectivity index (χ0v) is 15.4. The van der Waals surface area contributed by atoms with Gasteiger partial charge < -0.3 is 18.9 Å². The van der Waals surface area contributed by atoms with Crippen LogP contribution in [-0.2, 0) is 17.9 Å². The number of carbonyl (C=O) groups is 1. The van der Waals surface area contributed by atoms with Gasteiger partial charge in [-0.15, -0.1) is 0 Å². The molecule has 1 aliphatic rings. The Kier molecular flexibility index (Phi) is 4.97. The van der Waals surface area contributed by atoms with Gasteiger partial charge >= 0.3 is 0 Å². The summed E-state index contributed by atoms with van der Waals surface area (Å²) in [6.07, 6.45) is 0.382. The average Bonchev–Trinajstić information content (AvgIpc) is 3.36. The summed E-state index contributed by atoms with van der Waals surface area (Å²) in [6, 6.07) is 13.4. The summed E-state index contributed by atoms with van der Waals surface area (Å²) in [7, 11) is 0. The second-order valence-electron chi connectivity index (χ2n) is 6.48. The Bertz CT molecular complexity index is 984. The number of hydrogen-bond acceptors (Lipinski definition) is 5. The minimum Gasteiger partial charge on any atom is -0.454 e. The van der Waals surface area contributed by atoms with Gasteiger partial charge in [0.25, 0.3) is 0 Å². The van der Waals surface area contributed by atoms with E-state index in [9.17, 15) is 9.18 Å². The van der Waals surface area contributed by atoms with E-state index in [0.717, 1.165) is 11.1 Å². The molecule has 0 N–H and O–H groups in total. The SMILES string of the molecule is CCC(=O)N(Cc1ccc2c(c1)OCO2)Cc1cc(-c2ccc(F)cc2)on1. The summed E-state index contributed by atoms with van der Waals surface area (Å²) in [5, 5.41) is 4.06. The van der Waals surface area contributed by atoms with E-state index in [1.165, 1.54) is 12.1 Å². The Morgan fingerprint density at radius 3 is 2.64 bits per heavy atom. The molecular formula is C21H19FN2O4. The van der Waals surface area contributed by atoms with Crippen molar-refractivity contribution in [1.29, 1.82) is 0 Å². The second kappa shape index (κ2) is 7.72. The Morgan fingerprint density at radius 2 is 1.86 bits per heavy atom. The maximum atomic E-state index is 13.1. The molecule has 0 unspecified atom stereocenters. The zero-order valence-electron chi connectivity index (χ0n) is 15.4. The average molecular weight is 382 g/mol. The molecule has 0 bridgehead atoms. The molecule has 2 heterocycles. The van der Waals surface area contributed by atoms with Crippen molar-refractivity contribution < 1.29 is 23.2 Å². The predicted octanol–water partition coefficient (Wildman–Crippen LogP) is 4.15. The summed E-state index contributed by atoms with van der Waals surface area (Å²) in [4.78, 5) is 14.2. The Balaban J connectivity index is 1.51. The van der Waals surface area contributed by atoms with Gasteiger partial charge in [0, 0.05) is 24.6 Å². The molecule has 0 atom stereocenters. The number of halogens is 1. The molecule has 144 valence electrons. The molecule has 0 saturated carbocycles. The normalized spacial score (nSPS) is 12.2. The number of nitrogens with zero attached hydrogens (tertiary/aromatic N) is 2. The van der Waals surface area contributed by atoms with Gasteiger partial charge in [-0.05, 0) is 42.0 Å². The molecule has 0 aliphatic carbocycles. The van der Waals surface area contributed by atoms with Crippen LogP contribution in [0.25, 0.3) is 11.3 Å². The quantitative estimate of drug-likeness (QED) is 0.641. The van der Waals surface area contributed by atoms with Crippen LogP contribution in [0.5, 0.6) is 11.5 Å². The fraction of sp³-hybridized carbons (Fsp3) is 0.238. The summed E-state index contributed by atoms with van der Waals surface area (Å²) in [5.41, 5.74) is 2.29. The van der Waals surface area contributed by atoms with Crippen molar-refractivity contribution in [2.45, 2.75) is 26.4 Å². The molecule has 0 radical (unpaired) electrons. The van der Waals surface area contributed by atoms with E-state index in [0.29, 0.717) is 42.5 Å². The van der Waals surface area contributed by atoms with Crippen molar-refractivity contribution in [3.63, 3.8) is 0 Å². The lowest BCUT2D eigenvalue weighted by Crippen LogP contribution is -2.29. The van der Waals surface area contributed by atoms with Gasteiger partial charge in [-0.25, -0.2) is 4.39 Å². The standard InChI is InChI=1S/C21H19FN2O4/c1-2-21(25)24(11-14-3-8-18-20(9-14)27-13-26-18)12-17-10-19(28-23-17)15-4-6-16(22)7-5-15/h3-10H,2,11-13H2,1H3. The van der Waals surface area contributed by atoms with Crippen molar-refractivity contribution >= 4 is 5.91 Å². The largest absolute Gasteiger partial charge is 0.454 e. The maximum absolute atomic E-state index is 13.1. The molecule has 0 spiro atoms. The van der Waals surface area contributed by atoms with Crippen LogP contribution < -0.4 is 9.47 Å². The monoisotopic (exact) mass is 382 g/mol. The first-order valence-electron chi connectivity index (χ1n) is 9.00. The number of aromatic nitrogens is 1. The summed E-state index contributed by atoms with van der Waals surface area (Å²) >= 11 is 0. The lowest BCUT2D eigenvalue weighted by atomic mass is 10.1. The van der Waals surface area contributed by atoms with Crippen LogP contribution in [0, 0.1) is 5.82 Å². The molecule has 6 nitrogen and oxygen atoms in total. The van der Waals surface area contributed by atoms with Crippen LogP contribution in [0.15, 0.2) is 53.1 Å². The summed E-state index contributed by atoms with van der Waals surface area (Å²) in [5.74, 6) is 1.61. The highest BCUT2D eigenvalue weighted by atomic mass is 19.1. The Labute approximate surface area is 161 Å². The molecule has 1 aliphatic heterocycles. The summed E-state index contributed by atoms with van der Waals surface area (Å²) < 4.78 is 29.2. The van der Waals surface area contributed by atoms with Gasteiger partial charge in [0.05, 0.1) is 6.54 Å². The van der Waals surface area contributed by atoms with Crippen molar-refractivity contribution in [1.82, 2.24) is 10.1 Å². The minimum atomic E-state index is -0.313. The first-order valence-corrected chi connectivity index (χ1v) is 9.00. The van der Waals surface area contributed by atoms with Crippen molar-refractivity contribution in [2.24, 2.45) is 0 Å². The second-order valence-corrected chi connectivity index (χ2v) is 6.48. The first kappa shape index (κ1) is 18.0. The lowest BCUT2D eigenvalue weighted by molar-refractivity contribution is -0.132. The number of carbonyl (C=O) groups excluding carboxylic acids is 1. The van der Waals surface area contributed by atoms with E-state index in [-0.39, 0.29) is 18.5 Å². The topological polar surface area (TPSA) is 64.8 Å². The van der Waals surface area contributed by atoms with Crippen LogP contribution >= 0.6 is 0 Å². The number of rotatable bonds is 6. The van der Waals surface area contributed by atoms with Crippen molar-refractivity contribution in [2.75, 3.05) is 6.79 Å². The smallest absolute Gasteiger partial charge is 0.231 e. The Morgan fingerprint density at radius 1 is 1.07 bits per heavy atom. The highest BCUT2D eigenvalue weighted by Crippen LogP contribution is 2.33. The van der Waals surface area contributed by atoms with Crippen LogP contribution in [0.1, 0.15) is 24.6 Å². The third kappa shape index (κ3) is 3.83. The van der Waals surface area contributed by atoms with E-state index < -0.39 is 0 Å².